The minimum atomic E-state index is -4.90. The molecule has 0 aliphatic carbocycles. The Bertz CT molecular complexity index is 1040. The number of anilines is 1. The SMILES string of the molecule is O=S(=O)([O-])O/N=C1\CCN2C(c3ccccc3)=NCc3c(Cl)ccc1c32.[K+]. The molecule has 2 aliphatic heterocycles. The van der Waals surface area contributed by atoms with Crippen molar-refractivity contribution in [2.24, 2.45) is 10.1 Å². The fraction of sp³-hybridized carbons (Fsp3) is 0.176. The molecule has 134 valence electrons. The zero-order valence-corrected chi connectivity index (χ0v) is 19.1. The number of nitrogens with zero attached hydrogens (tertiary/aromatic N) is 3. The predicted octanol–water partition coefficient (Wildman–Crippen LogP) is -0.305. The van der Waals surface area contributed by atoms with E-state index in [0.717, 1.165) is 22.6 Å². The van der Waals surface area contributed by atoms with Gasteiger partial charge in [-0.05, 0) is 12.1 Å². The minimum Gasteiger partial charge on any atom is -0.714 e. The topological polar surface area (TPSA) is 94.4 Å². The van der Waals surface area contributed by atoms with E-state index < -0.39 is 10.4 Å². The van der Waals surface area contributed by atoms with E-state index in [1.54, 1.807) is 12.1 Å². The van der Waals surface area contributed by atoms with Gasteiger partial charge in [0.2, 0.25) is 0 Å². The largest absolute Gasteiger partial charge is 1.00 e. The first kappa shape index (κ1) is 20.9. The van der Waals surface area contributed by atoms with Crippen molar-refractivity contribution in [2.75, 3.05) is 11.4 Å². The summed E-state index contributed by atoms with van der Waals surface area (Å²) in [4.78, 5) is 6.72. The summed E-state index contributed by atoms with van der Waals surface area (Å²) >= 11 is 6.34. The first-order chi connectivity index (χ1) is 12.4. The number of aliphatic imine (C=N–C) groups is 1. The molecule has 2 aromatic carbocycles. The van der Waals surface area contributed by atoms with Crippen molar-refractivity contribution in [3.63, 3.8) is 0 Å². The van der Waals surface area contributed by atoms with Gasteiger partial charge in [-0.25, -0.2) is 0 Å². The molecular weight excluding hydrogens is 417 g/mol. The van der Waals surface area contributed by atoms with Crippen LogP contribution in [0.5, 0.6) is 0 Å². The van der Waals surface area contributed by atoms with Crippen molar-refractivity contribution in [3.05, 3.63) is 64.2 Å². The van der Waals surface area contributed by atoms with Crippen molar-refractivity contribution in [2.45, 2.75) is 13.0 Å². The normalized spacial score (nSPS) is 17.0. The molecule has 0 aromatic heterocycles. The summed E-state index contributed by atoms with van der Waals surface area (Å²) in [5.74, 6) is 0.818. The monoisotopic (exact) mass is 429 g/mol. The number of hydrogen-bond donors (Lipinski definition) is 0. The van der Waals surface area contributed by atoms with E-state index in [-0.39, 0.29) is 51.4 Å². The molecule has 10 heteroatoms. The Hall–Kier alpha value is -0.784. The summed E-state index contributed by atoms with van der Waals surface area (Å²) in [6.07, 6.45) is 0.398. The summed E-state index contributed by atoms with van der Waals surface area (Å²) in [6, 6.07) is 13.2. The van der Waals surface area contributed by atoms with E-state index in [0.29, 0.717) is 35.8 Å². The fourth-order valence-corrected chi connectivity index (χ4v) is 3.63. The van der Waals surface area contributed by atoms with Crippen molar-refractivity contribution in [1.29, 1.82) is 0 Å². The van der Waals surface area contributed by atoms with Crippen LogP contribution in [0.4, 0.5) is 5.69 Å². The average molecular weight is 430 g/mol. The van der Waals surface area contributed by atoms with Gasteiger partial charge in [0, 0.05) is 34.7 Å². The van der Waals surface area contributed by atoms with Crippen LogP contribution in [-0.4, -0.2) is 31.1 Å². The van der Waals surface area contributed by atoms with E-state index in [9.17, 15) is 13.0 Å². The maximum absolute atomic E-state index is 10.7. The standard InChI is InChI=1S/C17H14ClN3O4S.K/c18-14-7-6-12-15(20-25-26(22,23)24)8-9-21-16(12)13(14)10-19-17(21)11-4-2-1-3-5-11;/h1-7H,8-10H2,(H,22,23,24);/q;+1/p-1/b20-15+;. The van der Waals surface area contributed by atoms with Gasteiger partial charge in [-0.1, -0.05) is 47.1 Å². The molecule has 0 saturated heterocycles. The van der Waals surface area contributed by atoms with Crippen molar-refractivity contribution in [1.82, 2.24) is 0 Å². The molecule has 0 fully saturated rings. The third-order valence-electron chi connectivity index (χ3n) is 4.29. The van der Waals surface area contributed by atoms with E-state index in [1.165, 1.54) is 0 Å². The molecule has 0 bridgehead atoms. The summed E-state index contributed by atoms with van der Waals surface area (Å²) in [7, 11) is -4.90. The van der Waals surface area contributed by atoms with Crippen LogP contribution >= 0.6 is 11.6 Å². The summed E-state index contributed by atoms with van der Waals surface area (Å²) in [5.41, 5.74) is 3.71. The summed E-state index contributed by atoms with van der Waals surface area (Å²) in [5, 5.41) is 4.14. The maximum atomic E-state index is 10.7. The zero-order valence-electron chi connectivity index (χ0n) is 14.4. The Morgan fingerprint density at radius 1 is 1.19 bits per heavy atom. The number of hydrogen-bond acceptors (Lipinski definition) is 7. The Balaban J connectivity index is 0.00000210. The molecule has 0 saturated carbocycles. The van der Waals surface area contributed by atoms with Crippen LogP contribution in [0.2, 0.25) is 5.02 Å². The van der Waals surface area contributed by atoms with E-state index in [4.69, 9.17) is 11.6 Å². The van der Waals surface area contributed by atoms with Crippen LogP contribution in [0.15, 0.2) is 52.6 Å². The van der Waals surface area contributed by atoms with Gasteiger partial charge in [0.15, 0.2) is 0 Å². The molecule has 0 N–H and O–H groups in total. The van der Waals surface area contributed by atoms with Gasteiger partial charge in [-0.3, -0.25) is 9.28 Å². The molecule has 7 nitrogen and oxygen atoms in total. The van der Waals surface area contributed by atoms with Crippen molar-refractivity contribution >= 4 is 39.2 Å². The molecule has 27 heavy (non-hydrogen) atoms. The molecule has 0 spiro atoms. The second kappa shape index (κ2) is 8.30. The molecular formula is C17H13ClKN3O4S. The first-order valence-electron chi connectivity index (χ1n) is 7.84. The Labute approximate surface area is 204 Å². The maximum Gasteiger partial charge on any atom is 1.00 e. The first-order valence-corrected chi connectivity index (χ1v) is 9.55. The second-order valence-electron chi connectivity index (χ2n) is 5.85. The summed E-state index contributed by atoms with van der Waals surface area (Å²) in [6.45, 7) is 0.909. The summed E-state index contributed by atoms with van der Waals surface area (Å²) < 4.78 is 36.3. The van der Waals surface area contributed by atoms with Crippen molar-refractivity contribution in [3.8, 4) is 0 Å². The molecule has 0 radical (unpaired) electrons. The molecule has 0 amide bonds. The smallest absolute Gasteiger partial charge is 0.714 e. The van der Waals surface area contributed by atoms with Crippen LogP contribution in [0.1, 0.15) is 23.1 Å². The van der Waals surface area contributed by atoms with Crippen LogP contribution < -0.4 is 56.3 Å². The number of benzene rings is 2. The molecule has 2 aliphatic rings. The average Bonchev–Trinajstić information content (AvgIpc) is 2.63. The fourth-order valence-electron chi connectivity index (χ4n) is 3.24. The molecule has 0 atom stereocenters. The molecule has 2 heterocycles. The van der Waals surface area contributed by atoms with Crippen LogP contribution in [0, 0.1) is 0 Å². The predicted molar refractivity (Wildman–Crippen MR) is 97.4 cm³/mol. The molecule has 4 rings (SSSR count). The van der Waals surface area contributed by atoms with E-state index >= 15 is 0 Å². The van der Waals surface area contributed by atoms with Crippen LogP contribution in [0.25, 0.3) is 0 Å². The van der Waals surface area contributed by atoms with E-state index in [2.05, 4.69) is 14.4 Å². The third kappa shape index (κ3) is 4.30. The van der Waals surface area contributed by atoms with E-state index in [1.807, 2.05) is 35.2 Å². The van der Waals surface area contributed by atoms with Gasteiger partial charge >= 0.3 is 51.4 Å². The number of oxime groups is 1. The van der Waals surface area contributed by atoms with Crippen molar-refractivity contribution < 1.29 is 68.6 Å². The molecule has 0 unspecified atom stereocenters. The quantitative estimate of drug-likeness (QED) is 0.289. The Morgan fingerprint density at radius 3 is 2.63 bits per heavy atom. The third-order valence-corrected chi connectivity index (χ3v) is 4.90. The number of amidine groups is 1. The number of halogens is 1. The van der Waals surface area contributed by atoms with Gasteiger partial charge in [0.1, 0.15) is 5.84 Å². The van der Waals surface area contributed by atoms with Gasteiger partial charge in [-0.15, -0.1) is 0 Å². The molecule has 2 aromatic rings. The van der Waals surface area contributed by atoms with Gasteiger partial charge < -0.3 is 9.45 Å². The Morgan fingerprint density at radius 2 is 1.93 bits per heavy atom. The Kier molecular flexibility index (Phi) is 6.43. The minimum absolute atomic E-state index is 0. The van der Waals surface area contributed by atoms with Gasteiger partial charge in [-0.2, -0.15) is 8.42 Å². The number of rotatable bonds is 3. The van der Waals surface area contributed by atoms with Gasteiger partial charge in [0.25, 0.3) is 10.4 Å². The zero-order chi connectivity index (χ0) is 18.3. The van der Waals surface area contributed by atoms with Gasteiger partial charge in [0.05, 0.1) is 17.9 Å². The second-order valence-corrected chi connectivity index (χ2v) is 7.22. The van der Waals surface area contributed by atoms with Crippen LogP contribution in [0.3, 0.4) is 0 Å². The van der Waals surface area contributed by atoms with Crippen LogP contribution in [-0.2, 0) is 21.2 Å².